The molecule has 0 amide bonds. The Balaban J connectivity index is 1.90. The standard InChI is InChI=1S/C18H17FN2/c19-17-13-7-1-3-9-15(13)20-18(17)14-8-2-4-10-16(14)21-11-5-6-12-21/h1-4,7-10,20H,5-6,11-12H2. The van der Waals surface area contributed by atoms with Crippen LogP contribution in [0.5, 0.6) is 0 Å². The molecule has 0 aliphatic carbocycles. The van der Waals surface area contributed by atoms with Gasteiger partial charge in [0.2, 0.25) is 0 Å². The maximum atomic E-state index is 14.7. The molecule has 0 bridgehead atoms. The molecular formula is C18H17FN2. The number of para-hydroxylation sites is 2. The zero-order valence-electron chi connectivity index (χ0n) is 11.8. The van der Waals surface area contributed by atoms with Crippen molar-refractivity contribution in [3.63, 3.8) is 0 Å². The Hall–Kier alpha value is -2.29. The second-order valence-electron chi connectivity index (χ2n) is 5.57. The summed E-state index contributed by atoms with van der Waals surface area (Å²) in [6.07, 6.45) is 2.42. The molecule has 1 aliphatic heterocycles. The Kier molecular flexibility index (Phi) is 2.92. The molecule has 4 rings (SSSR count). The number of benzene rings is 2. The third-order valence-electron chi connectivity index (χ3n) is 4.26. The zero-order chi connectivity index (χ0) is 14.2. The summed E-state index contributed by atoms with van der Waals surface area (Å²) >= 11 is 0. The van der Waals surface area contributed by atoms with Gasteiger partial charge in [0, 0.05) is 35.2 Å². The van der Waals surface area contributed by atoms with Crippen molar-refractivity contribution in [2.45, 2.75) is 12.8 Å². The van der Waals surface area contributed by atoms with E-state index in [1.807, 2.05) is 42.5 Å². The van der Waals surface area contributed by atoms with Crippen LogP contribution in [0.4, 0.5) is 10.1 Å². The summed E-state index contributed by atoms with van der Waals surface area (Å²) < 4.78 is 14.7. The minimum atomic E-state index is -0.155. The highest BCUT2D eigenvalue weighted by Gasteiger charge is 2.20. The molecule has 0 saturated carbocycles. The van der Waals surface area contributed by atoms with E-state index in [-0.39, 0.29) is 5.82 Å². The Morgan fingerprint density at radius 2 is 1.62 bits per heavy atom. The van der Waals surface area contributed by atoms with E-state index >= 15 is 0 Å². The monoisotopic (exact) mass is 280 g/mol. The Morgan fingerprint density at radius 3 is 2.43 bits per heavy atom. The average Bonchev–Trinajstić information content (AvgIpc) is 3.16. The molecule has 2 aromatic carbocycles. The molecule has 0 unspecified atom stereocenters. The number of hydrogen-bond acceptors (Lipinski definition) is 1. The molecule has 3 heteroatoms. The van der Waals surface area contributed by atoms with Crippen LogP contribution in [0.3, 0.4) is 0 Å². The minimum absolute atomic E-state index is 0.155. The van der Waals surface area contributed by atoms with Crippen molar-refractivity contribution in [1.29, 1.82) is 0 Å². The van der Waals surface area contributed by atoms with Gasteiger partial charge < -0.3 is 9.88 Å². The number of nitrogens with one attached hydrogen (secondary N) is 1. The van der Waals surface area contributed by atoms with Crippen molar-refractivity contribution in [1.82, 2.24) is 4.98 Å². The summed E-state index contributed by atoms with van der Waals surface area (Å²) in [5, 5.41) is 0.656. The molecule has 1 fully saturated rings. The lowest BCUT2D eigenvalue weighted by Crippen LogP contribution is -2.18. The maximum Gasteiger partial charge on any atom is 0.156 e. The molecule has 1 N–H and O–H groups in total. The van der Waals surface area contributed by atoms with Crippen molar-refractivity contribution in [3.8, 4) is 11.3 Å². The van der Waals surface area contributed by atoms with Crippen molar-refractivity contribution in [2.75, 3.05) is 18.0 Å². The first-order valence-electron chi connectivity index (χ1n) is 7.45. The van der Waals surface area contributed by atoms with Crippen LogP contribution in [0.2, 0.25) is 0 Å². The predicted octanol–water partition coefficient (Wildman–Crippen LogP) is 4.57. The summed E-state index contributed by atoms with van der Waals surface area (Å²) in [4.78, 5) is 5.59. The van der Waals surface area contributed by atoms with Crippen LogP contribution >= 0.6 is 0 Å². The van der Waals surface area contributed by atoms with Gasteiger partial charge in [-0.3, -0.25) is 0 Å². The summed E-state index contributed by atoms with van der Waals surface area (Å²) in [6.45, 7) is 2.11. The van der Waals surface area contributed by atoms with Gasteiger partial charge in [0.05, 0.1) is 5.69 Å². The largest absolute Gasteiger partial charge is 0.371 e. The SMILES string of the molecule is Fc1c(-c2ccccc2N2CCCC2)[nH]c2ccccc12. The lowest BCUT2D eigenvalue weighted by molar-refractivity contribution is 0.643. The van der Waals surface area contributed by atoms with E-state index in [9.17, 15) is 4.39 Å². The summed E-state index contributed by atoms with van der Waals surface area (Å²) in [7, 11) is 0. The lowest BCUT2D eigenvalue weighted by Gasteiger charge is -2.20. The Bertz CT molecular complexity index is 785. The van der Waals surface area contributed by atoms with Gasteiger partial charge in [0.25, 0.3) is 0 Å². The van der Waals surface area contributed by atoms with E-state index < -0.39 is 0 Å². The Labute approximate surface area is 123 Å². The van der Waals surface area contributed by atoms with Crippen LogP contribution in [-0.2, 0) is 0 Å². The smallest absolute Gasteiger partial charge is 0.156 e. The molecular weight excluding hydrogens is 263 g/mol. The highest BCUT2D eigenvalue weighted by molar-refractivity contribution is 5.89. The lowest BCUT2D eigenvalue weighted by atomic mass is 10.1. The first-order valence-corrected chi connectivity index (χ1v) is 7.45. The quantitative estimate of drug-likeness (QED) is 0.728. The number of rotatable bonds is 2. The van der Waals surface area contributed by atoms with Crippen molar-refractivity contribution >= 4 is 16.6 Å². The van der Waals surface area contributed by atoms with Gasteiger partial charge in [-0.1, -0.05) is 30.3 Å². The van der Waals surface area contributed by atoms with Crippen LogP contribution in [0.25, 0.3) is 22.2 Å². The van der Waals surface area contributed by atoms with Crippen molar-refractivity contribution in [2.24, 2.45) is 0 Å². The fourth-order valence-corrected chi connectivity index (χ4v) is 3.21. The van der Waals surface area contributed by atoms with Gasteiger partial charge in [0.15, 0.2) is 5.82 Å². The summed E-state index contributed by atoms with van der Waals surface area (Å²) in [5.74, 6) is -0.155. The van der Waals surface area contributed by atoms with Crippen LogP contribution in [-0.4, -0.2) is 18.1 Å². The molecule has 1 saturated heterocycles. The number of hydrogen-bond donors (Lipinski definition) is 1. The summed E-state index contributed by atoms with van der Waals surface area (Å²) in [5.41, 5.74) is 3.52. The number of halogens is 1. The van der Waals surface area contributed by atoms with Gasteiger partial charge in [-0.2, -0.15) is 0 Å². The van der Waals surface area contributed by atoms with Crippen LogP contribution in [0, 0.1) is 5.82 Å². The van der Waals surface area contributed by atoms with Gasteiger partial charge in [-0.15, -0.1) is 0 Å². The van der Waals surface area contributed by atoms with Crippen LogP contribution < -0.4 is 4.90 Å². The third-order valence-corrected chi connectivity index (χ3v) is 4.26. The number of aromatic nitrogens is 1. The first kappa shape index (κ1) is 12.5. The van der Waals surface area contributed by atoms with Gasteiger partial charge in [0.1, 0.15) is 0 Å². The maximum absolute atomic E-state index is 14.7. The van der Waals surface area contributed by atoms with Crippen LogP contribution in [0.15, 0.2) is 48.5 Å². The van der Waals surface area contributed by atoms with Crippen molar-refractivity contribution in [3.05, 3.63) is 54.3 Å². The molecule has 1 aliphatic rings. The molecule has 106 valence electrons. The molecule has 2 heterocycles. The molecule has 0 spiro atoms. The van der Waals surface area contributed by atoms with Gasteiger partial charge >= 0.3 is 0 Å². The molecule has 0 atom stereocenters. The second-order valence-corrected chi connectivity index (χ2v) is 5.57. The second kappa shape index (κ2) is 4.92. The average molecular weight is 280 g/mol. The molecule has 21 heavy (non-hydrogen) atoms. The zero-order valence-corrected chi connectivity index (χ0v) is 11.8. The molecule has 2 nitrogen and oxygen atoms in total. The third kappa shape index (κ3) is 2.00. The highest BCUT2D eigenvalue weighted by atomic mass is 19.1. The van der Waals surface area contributed by atoms with E-state index in [4.69, 9.17) is 0 Å². The number of fused-ring (bicyclic) bond motifs is 1. The fourth-order valence-electron chi connectivity index (χ4n) is 3.21. The van der Waals surface area contributed by atoms with E-state index in [0.717, 1.165) is 29.9 Å². The number of H-pyrrole nitrogens is 1. The molecule has 3 aromatic rings. The van der Waals surface area contributed by atoms with Crippen molar-refractivity contribution < 1.29 is 4.39 Å². The van der Waals surface area contributed by atoms with E-state index in [1.165, 1.54) is 12.8 Å². The normalized spacial score (nSPS) is 15.0. The van der Waals surface area contributed by atoms with E-state index in [2.05, 4.69) is 16.0 Å². The minimum Gasteiger partial charge on any atom is -0.371 e. The first-order chi connectivity index (χ1) is 10.3. The highest BCUT2D eigenvalue weighted by Crippen LogP contribution is 2.36. The number of aromatic amines is 1. The van der Waals surface area contributed by atoms with E-state index in [0.29, 0.717) is 11.1 Å². The van der Waals surface area contributed by atoms with Crippen LogP contribution in [0.1, 0.15) is 12.8 Å². The topological polar surface area (TPSA) is 19.0 Å². The number of anilines is 1. The van der Waals surface area contributed by atoms with E-state index in [1.54, 1.807) is 0 Å². The van der Waals surface area contributed by atoms with Gasteiger partial charge in [-0.05, 0) is 31.0 Å². The Morgan fingerprint density at radius 1 is 0.905 bits per heavy atom. The predicted molar refractivity (Wildman–Crippen MR) is 85.1 cm³/mol. The molecule has 1 aromatic heterocycles. The van der Waals surface area contributed by atoms with Gasteiger partial charge in [-0.25, -0.2) is 4.39 Å². The fraction of sp³-hybridized carbons (Fsp3) is 0.222. The summed E-state index contributed by atoms with van der Waals surface area (Å²) in [6, 6.07) is 15.6. The molecule has 0 radical (unpaired) electrons. The number of nitrogens with zero attached hydrogens (tertiary/aromatic N) is 1.